The number of carbonyl (C=O) groups is 11. The number of aromatic hydroxyl groups is 1. The van der Waals surface area contributed by atoms with Crippen molar-refractivity contribution in [2.45, 2.75) is 107 Å². The first-order chi connectivity index (χ1) is 33.0. The Balaban J connectivity index is 1.83. The van der Waals surface area contributed by atoms with Gasteiger partial charge in [-0.1, -0.05) is 26.0 Å². The third-order valence-corrected chi connectivity index (χ3v) is 10.8. The average molecular weight is 989 g/mol. The number of imidazole rings is 1. The smallest absolute Gasteiger partial charge is 0.328 e. The van der Waals surface area contributed by atoms with E-state index < -0.39 is 152 Å². The predicted molar refractivity (Wildman–Crippen MR) is 239 cm³/mol. The van der Waals surface area contributed by atoms with Crippen LogP contribution in [0.2, 0.25) is 0 Å². The van der Waals surface area contributed by atoms with Gasteiger partial charge >= 0.3 is 11.9 Å². The number of carboxylic acids is 2. The zero-order chi connectivity index (χ0) is 52.2. The van der Waals surface area contributed by atoms with E-state index >= 15 is 0 Å². The van der Waals surface area contributed by atoms with E-state index in [1.807, 2.05) is 5.32 Å². The van der Waals surface area contributed by atoms with Gasteiger partial charge in [0.2, 0.25) is 53.2 Å². The number of aliphatic hydroxyl groups excluding tert-OH is 2. The molecule has 1 aromatic heterocycles. The number of aliphatic carboxylic acids is 2. The maximum absolute atomic E-state index is 14.2. The summed E-state index contributed by atoms with van der Waals surface area (Å²) in [6.45, 7) is 0.966. The van der Waals surface area contributed by atoms with Gasteiger partial charge in [0.25, 0.3) is 0 Å². The van der Waals surface area contributed by atoms with Crippen LogP contribution >= 0.6 is 0 Å². The van der Waals surface area contributed by atoms with Gasteiger partial charge in [0.1, 0.15) is 48.0 Å². The molecule has 28 nitrogen and oxygen atoms in total. The SMILES string of the molecule is CC(C)[C@@H](N)C(=O)N1CCC[C@@H]1C(=O)NCC(=O)N[C@H](CO)C(=O)N[C@H](CCC(N)=O)C(=O)N[C@H](Cc1cnc[nH]1)C(=O)N[C@H](Cc1ccc(O)cc1)C(=O)N[C@H](CC(=O)O)C(=O)N[C@H](CO)C(=O)O. The summed E-state index contributed by atoms with van der Waals surface area (Å²) in [5, 5.41) is 63.9. The Kier molecular flexibility index (Phi) is 22.1. The summed E-state index contributed by atoms with van der Waals surface area (Å²) in [6, 6.07) is -7.13. The Bertz CT molecular complexity index is 2190. The number of rotatable bonds is 28. The molecule has 70 heavy (non-hydrogen) atoms. The van der Waals surface area contributed by atoms with Crippen LogP contribution in [0.5, 0.6) is 5.75 Å². The van der Waals surface area contributed by atoms with E-state index in [1.165, 1.54) is 41.7 Å². The van der Waals surface area contributed by atoms with Crippen LogP contribution in [0.3, 0.4) is 0 Å². The Labute approximate surface area is 399 Å². The van der Waals surface area contributed by atoms with Crippen LogP contribution in [0.25, 0.3) is 0 Å². The van der Waals surface area contributed by atoms with E-state index in [9.17, 15) is 78.3 Å². The highest BCUT2D eigenvalue weighted by Gasteiger charge is 2.38. The molecule has 0 bridgehead atoms. The topological polar surface area (TPSA) is 457 Å². The number of primary amides is 1. The van der Waals surface area contributed by atoms with Gasteiger partial charge in [-0.3, -0.25) is 47.9 Å². The molecule has 1 fully saturated rings. The highest BCUT2D eigenvalue weighted by molar-refractivity contribution is 5.98. The molecule has 9 amide bonds. The van der Waals surface area contributed by atoms with Crippen LogP contribution in [0, 0.1) is 5.92 Å². The maximum atomic E-state index is 14.2. The molecule has 28 heteroatoms. The van der Waals surface area contributed by atoms with Crippen LogP contribution in [-0.4, -0.2) is 180 Å². The third kappa shape index (κ3) is 17.7. The van der Waals surface area contributed by atoms with Gasteiger partial charge in [-0.25, -0.2) is 9.78 Å². The monoisotopic (exact) mass is 988 g/mol. The molecule has 1 aliphatic rings. The Morgan fingerprint density at radius 1 is 0.757 bits per heavy atom. The number of aromatic nitrogens is 2. The number of phenolic OH excluding ortho intramolecular Hbond substituents is 1. The summed E-state index contributed by atoms with van der Waals surface area (Å²) in [7, 11) is 0. The zero-order valence-electron chi connectivity index (χ0n) is 38.2. The molecule has 0 aliphatic carbocycles. The fourth-order valence-electron chi connectivity index (χ4n) is 6.89. The van der Waals surface area contributed by atoms with Crippen molar-refractivity contribution in [1.29, 1.82) is 0 Å². The van der Waals surface area contributed by atoms with Gasteiger partial charge in [0.15, 0.2) is 0 Å². The van der Waals surface area contributed by atoms with E-state index in [1.54, 1.807) is 13.8 Å². The van der Waals surface area contributed by atoms with Crippen molar-refractivity contribution >= 4 is 65.1 Å². The lowest BCUT2D eigenvalue weighted by Crippen LogP contribution is -2.61. The summed E-state index contributed by atoms with van der Waals surface area (Å²) in [5.41, 5.74) is 11.9. The number of aromatic amines is 1. The highest BCUT2D eigenvalue weighted by Crippen LogP contribution is 2.20. The van der Waals surface area contributed by atoms with Crippen molar-refractivity contribution in [3.8, 4) is 5.75 Å². The quantitative estimate of drug-likeness (QED) is 0.0377. The number of carbonyl (C=O) groups excluding carboxylic acids is 9. The van der Waals surface area contributed by atoms with Gasteiger partial charge < -0.3 is 84.1 Å². The number of H-pyrrole nitrogens is 1. The largest absolute Gasteiger partial charge is 0.508 e. The second-order valence-electron chi connectivity index (χ2n) is 16.6. The number of hydrogen-bond acceptors (Lipinski definition) is 16. The standard InChI is InChI=1S/C42H60N12O16/c1-20(2)34(44)41(68)54-11-3-4-30(54)40(67)46-16-32(59)48-28(17-55)39(66)49-24(9-10-31(43)58)35(62)51-26(13-22-15-45-19-47-22)37(64)50-25(12-21-5-7-23(57)8-6-21)36(63)52-27(14-33(60)61)38(65)53-29(18-56)42(69)70/h5-8,15,19-20,24-30,34,55-57H,3-4,9-14,16-18,44H2,1-2H3,(H2,43,58)(H,45,47)(H,46,67)(H,48,59)(H,49,66)(H,50,64)(H,51,62)(H,52,63)(H,53,65)(H,60,61)(H,69,70)/t24-,25-,26-,27-,28-,29-,30-,34-/m1/s1. The normalized spacial score (nSPS) is 16.2. The van der Waals surface area contributed by atoms with Gasteiger partial charge in [0, 0.05) is 37.7 Å². The van der Waals surface area contributed by atoms with Gasteiger partial charge in [0.05, 0.1) is 38.5 Å². The van der Waals surface area contributed by atoms with Crippen molar-refractivity contribution < 1.29 is 78.3 Å². The molecule has 1 aliphatic heterocycles. The number of hydrogen-bond donors (Lipinski definition) is 15. The molecule has 3 rings (SSSR count). The number of phenols is 1. The first kappa shape index (κ1) is 56.6. The lowest BCUT2D eigenvalue weighted by molar-refractivity contribution is -0.144. The highest BCUT2D eigenvalue weighted by atomic mass is 16.4. The van der Waals surface area contributed by atoms with Gasteiger partial charge in [-0.05, 0) is 42.9 Å². The third-order valence-electron chi connectivity index (χ3n) is 10.8. The number of nitrogens with zero attached hydrogens (tertiary/aromatic N) is 2. The zero-order valence-corrected chi connectivity index (χ0v) is 38.2. The summed E-state index contributed by atoms with van der Waals surface area (Å²) < 4.78 is 0. The molecule has 2 aromatic rings. The van der Waals surface area contributed by atoms with Crippen molar-refractivity contribution in [3.63, 3.8) is 0 Å². The van der Waals surface area contributed by atoms with E-state index in [4.69, 9.17) is 11.5 Å². The van der Waals surface area contributed by atoms with Crippen LogP contribution < -0.4 is 48.7 Å². The van der Waals surface area contributed by atoms with Crippen molar-refractivity contribution in [3.05, 3.63) is 48.0 Å². The Morgan fingerprint density at radius 2 is 1.30 bits per heavy atom. The minimum atomic E-state index is -1.95. The average Bonchev–Trinajstić information content (AvgIpc) is 4.02. The molecule has 384 valence electrons. The molecule has 2 heterocycles. The number of benzene rings is 1. The molecular weight excluding hydrogens is 929 g/mol. The van der Waals surface area contributed by atoms with E-state index in [0.717, 1.165) is 0 Å². The molecule has 1 saturated heterocycles. The second-order valence-corrected chi connectivity index (χ2v) is 16.6. The van der Waals surface area contributed by atoms with E-state index in [0.29, 0.717) is 18.4 Å². The Morgan fingerprint density at radius 3 is 1.84 bits per heavy atom. The fourth-order valence-corrected chi connectivity index (χ4v) is 6.89. The molecule has 0 radical (unpaired) electrons. The van der Waals surface area contributed by atoms with E-state index in [2.05, 4.69) is 41.9 Å². The van der Waals surface area contributed by atoms with Crippen LogP contribution in [0.15, 0.2) is 36.8 Å². The van der Waals surface area contributed by atoms with Crippen molar-refractivity contribution in [2.75, 3.05) is 26.3 Å². The molecule has 0 spiro atoms. The maximum Gasteiger partial charge on any atom is 0.328 e. The number of nitrogens with one attached hydrogen (secondary N) is 8. The number of amides is 9. The molecule has 1 aromatic carbocycles. The first-order valence-corrected chi connectivity index (χ1v) is 21.9. The van der Waals surface area contributed by atoms with Crippen LogP contribution in [-0.2, 0) is 65.6 Å². The second kappa shape index (κ2) is 27.3. The first-order valence-electron chi connectivity index (χ1n) is 21.9. The summed E-state index contributed by atoms with van der Waals surface area (Å²) in [4.78, 5) is 150. The fraction of sp³-hybridized carbons (Fsp3) is 0.524. The van der Waals surface area contributed by atoms with Crippen molar-refractivity contribution in [2.24, 2.45) is 17.4 Å². The van der Waals surface area contributed by atoms with Crippen molar-refractivity contribution in [1.82, 2.24) is 52.1 Å². The molecule has 0 saturated carbocycles. The summed E-state index contributed by atoms with van der Waals surface area (Å²) in [6.07, 6.45) is 0.505. The molecule has 0 unspecified atom stereocenters. The summed E-state index contributed by atoms with van der Waals surface area (Å²) >= 11 is 0. The number of aliphatic hydroxyl groups is 2. The molecule has 8 atom stereocenters. The van der Waals surface area contributed by atoms with Crippen LogP contribution in [0.4, 0.5) is 0 Å². The lowest BCUT2D eigenvalue weighted by atomic mass is 10.0. The predicted octanol–water partition coefficient (Wildman–Crippen LogP) is -6.29. The van der Waals surface area contributed by atoms with Gasteiger partial charge in [-0.15, -0.1) is 0 Å². The number of carboxylic acid groups (broad SMARTS) is 2. The number of nitrogens with two attached hydrogens (primary N) is 2. The van der Waals surface area contributed by atoms with Crippen LogP contribution in [0.1, 0.15) is 57.2 Å². The number of likely N-dealkylation sites (tertiary alicyclic amines) is 1. The molecular formula is C42H60N12O16. The molecule has 17 N–H and O–H groups in total. The van der Waals surface area contributed by atoms with E-state index in [-0.39, 0.29) is 36.7 Å². The van der Waals surface area contributed by atoms with Gasteiger partial charge in [-0.2, -0.15) is 0 Å². The Hall–Kier alpha value is -7.72. The lowest BCUT2D eigenvalue weighted by Gasteiger charge is -2.28. The minimum Gasteiger partial charge on any atom is -0.508 e. The minimum absolute atomic E-state index is 0.171. The summed E-state index contributed by atoms with van der Waals surface area (Å²) in [5.74, 6) is -12.5.